The number of ether oxygens (including phenoxy) is 1. The summed E-state index contributed by atoms with van der Waals surface area (Å²) in [5.41, 5.74) is 2.80. The van der Waals surface area contributed by atoms with Gasteiger partial charge in [0, 0.05) is 18.9 Å². The second-order valence-corrected chi connectivity index (χ2v) is 7.58. The molecule has 0 aliphatic carbocycles. The van der Waals surface area contributed by atoms with Crippen molar-refractivity contribution < 1.29 is 14.6 Å². The minimum atomic E-state index is -0.139. The normalized spacial score (nSPS) is 19.3. The van der Waals surface area contributed by atoms with E-state index in [9.17, 15) is 9.90 Å². The summed E-state index contributed by atoms with van der Waals surface area (Å²) < 4.78 is 5.98. The van der Waals surface area contributed by atoms with E-state index in [1.54, 1.807) is 24.5 Å². The monoisotopic (exact) mass is 364 g/mol. The van der Waals surface area contributed by atoms with Crippen molar-refractivity contribution in [2.24, 2.45) is 5.92 Å². The quantitative estimate of drug-likeness (QED) is 0.836. The van der Waals surface area contributed by atoms with Gasteiger partial charge in [0.15, 0.2) is 5.76 Å². The number of rotatable bonds is 3. The maximum absolute atomic E-state index is 12.9. The van der Waals surface area contributed by atoms with E-state index >= 15 is 0 Å². The van der Waals surface area contributed by atoms with Crippen molar-refractivity contribution >= 4 is 11.9 Å². The van der Waals surface area contributed by atoms with Gasteiger partial charge in [0.2, 0.25) is 5.78 Å². The first kappa shape index (κ1) is 17.7. The van der Waals surface area contributed by atoms with Crippen LogP contribution in [0.2, 0.25) is 0 Å². The molecule has 0 radical (unpaired) electrons. The third kappa shape index (κ3) is 3.47. The van der Waals surface area contributed by atoms with E-state index in [4.69, 9.17) is 4.74 Å². The lowest BCUT2D eigenvalue weighted by Gasteiger charge is -2.30. The summed E-state index contributed by atoms with van der Waals surface area (Å²) in [6.07, 6.45) is 7.39. The molecule has 0 unspecified atom stereocenters. The molecule has 1 saturated heterocycles. The van der Waals surface area contributed by atoms with Crippen molar-refractivity contribution in [3.63, 3.8) is 0 Å². The van der Waals surface area contributed by atoms with Gasteiger partial charge in [-0.25, -0.2) is 0 Å². The molecule has 3 heterocycles. The molecule has 1 aromatic heterocycles. The van der Waals surface area contributed by atoms with Crippen LogP contribution in [-0.4, -0.2) is 33.9 Å². The van der Waals surface area contributed by atoms with Gasteiger partial charge in [0.05, 0.1) is 11.1 Å². The molecule has 0 saturated carbocycles. The van der Waals surface area contributed by atoms with E-state index in [1.807, 2.05) is 19.1 Å². The lowest BCUT2D eigenvalue weighted by molar-refractivity contribution is 0.101. The largest absolute Gasteiger partial charge is 0.507 e. The molecule has 5 heteroatoms. The molecule has 0 atom stereocenters. The number of hydrogen-bond acceptors (Lipinski definition) is 5. The van der Waals surface area contributed by atoms with Crippen LogP contribution in [0.1, 0.15) is 46.8 Å². The summed E-state index contributed by atoms with van der Waals surface area (Å²) in [5, 5.41) is 10.6. The minimum Gasteiger partial charge on any atom is -0.507 e. The Labute approximate surface area is 159 Å². The number of hydrogen-bond donors (Lipinski definition) is 1. The van der Waals surface area contributed by atoms with Crippen LogP contribution in [0.3, 0.4) is 0 Å². The highest BCUT2D eigenvalue weighted by molar-refractivity contribution is 6.15. The van der Waals surface area contributed by atoms with Crippen LogP contribution in [-0.2, 0) is 6.54 Å². The van der Waals surface area contributed by atoms with E-state index in [1.165, 1.54) is 0 Å². The Morgan fingerprint density at radius 3 is 2.85 bits per heavy atom. The van der Waals surface area contributed by atoms with Crippen LogP contribution in [0, 0.1) is 12.8 Å². The number of allylic oxidation sites excluding steroid dienone is 1. The summed E-state index contributed by atoms with van der Waals surface area (Å²) in [6.45, 7) is 6.69. The van der Waals surface area contributed by atoms with Crippen LogP contribution in [0.15, 0.2) is 36.4 Å². The highest BCUT2D eigenvalue weighted by Crippen LogP contribution is 2.42. The zero-order chi connectivity index (χ0) is 19.0. The minimum absolute atomic E-state index is 0.139. The Kier molecular flexibility index (Phi) is 4.70. The molecule has 0 spiro atoms. The van der Waals surface area contributed by atoms with Gasteiger partial charge in [-0.1, -0.05) is 13.0 Å². The van der Waals surface area contributed by atoms with Crippen LogP contribution in [0.5, 0.6) is 11.5 Å². The SMILES string of the molecule is Cc1cc(O)c(CN2CCC(C)CC2)c2c1C(=O)/C(=C\c1cccnc1)O2. The number of benzene rings is 1. The maximum Gasteiger partial charge on any atom is 0.232 e. The fraction of sp³-hybridized carbons (Fsp3) is 0.364. The molecular formula is C22H24N2O3. The smallest absolute Gasteiger partial charge is 0.232 e. The summed E-state index contributed by atoms with van der Waals surface area (Å²) in [4.78, 5) is 19.3. The highest BCUT2D eigenvalue weighted by Gasteiger charge is 2.34. The summed E-state index contributed by atoms with van der Waals surface area (Å²) >= 11 is 0. The number of nitrogens with zero attached hydrogens (tertiary/aromatic N) is 2. The Morgan fingerprint density at radius 2 is 2.15 bits per heavy atom. The Morgan fingerprint density at radius 1 is 1.37 bits per heavy atom. The number of pyridine rings is 1. The number of carbonyl (C=O) groups is 1. The molecule has 0 bridgehead atoms. The highest BCUT2D eigenvalue weighted by atomic mass is 16.5. The predicted octanol–water partition coefficient (Wildman–Crippen LogP) is 3.94. The molecule has 27 heavy (non-hydrogen) atoms. The molecule has 140 valence electrons. The van der Waals surface area contributed by atoms with E-state index in [2.05, 4.69) is 16.8 Å². The molecule has 2 aliphatic rings. The Bertz CT molecular complexity index is 898. The molecule has 4 rings (SSSR count). The third-order valence-corrected chi connectivity index (χ3v) is 5.46. The number of ketones is 1. The number of aromatic nitrogens is 1. The molecule has 2 aromatic rings. The fourth-order valence-corrected chi connectivity index (χ4v) is 3.79. The van der Waals surface area contributed by atoms with Gasteiger partial charge in [0.25, 0.3) is 0 Å². The van der Waals surface area contributed by atoms with Gasteiger partial charge in [-0.2, -0.15) is 0 Å². The van der Waals surface area contributed by atoms with Crippen LogP contribution < -0.4 is 4.74 Å². The first-order valence-electron chi connectivity index (χ1n) is 9.45. The number of fused-ring (bicyclic) bond motifs is 1. The maximum atomic E-state index is 12.9. The van der Waals surface area contributed by atoms with Crippen LogP contribution in [0.25, 0.3) is 6.08 Å². The Balaban J connectivity index is 1.67. The fourth-order valence-electron chi connectivity index (χ4n) is 3.79. The predicted molar refractivity (Wildman–Crippen MR) is 104 cm³/mol. The number of likely N-dealkylation sites (tertiary alicyclic amines) is 1. The molecule has 1 aromatic carbocycles. The van der Waals surface area contributed by atoms with Crippen molar-refractivity contribution in [2.75, 3.05) is 13.1 Å². The Hall–Kier alpha value is -2.66. The zero-order valence-corrected chi connectivity index (χ0v) is 15.7. The summed E-state index contributed by atoms with van der Waals surface area (Å²) in [5.74, 6) is 1.58. The standard InChI is InChI=1S/C22H24N2O3/c1-14-5-8-24(9-6-14)13-17-18(25)10-15(2)20-21(26)19(27-22(17)20)11-16-4-3-7-23-12-16/h3-4,7,10-12,14,25H,5-6,8-9,13H2,1-2H3/b19-11+. The second-order valence-electron chi connectivity index (χ2n) is 7.58. The van der Waals surface area contributed by atoms with Crippen molar-refractivity contribution in [1.82, 2.24) is 9.88 Å². The molecule has 1 N–H and O–H groups in total. The van der Waals surface area contributed by atoms with Crippen LogP contribution >= 0.6 is 0 Å². The molecule has 1 fully saturated rings. The average molecular weight is 364 g/mol. The number of aromatic hydroxyl groups is 1. The summed E-state index contributed by atoms with van der Waals surface area (Å²) in [6, 6.07) is 5.37. The molecule has 5 nitrogen and oxygen atoms in total. The third-order valence-electron chi connectivity index (χ3n) is 5.46. The van der Waals surface area contributed by atoms with Gasteiger partial charge >= 0.3 is 0 Å². The number of carbonyl (C=O) groups excluding carboxylic acids is 1. The van der Waals surface area contributed by atoms with E-state index < -0.39 is 0 Å². The van der Waals surface area contributed by atoms with Crippen molar-refractivity contribution in [1.29, 1.82) is 0 Å². The zero-order valence-electron chi connectivity index (χ0n) is 15.7. The first-order chi connectivity index (χ1) is 13.0. The van der Waals surface area contributed by atoms with E-state index in [0.717, 1.165) is 43.0 Å². The van der Waals surface area contributed by atoms with Crippen molar-refractivity contribution in [3.05, 3.63) is 58.6 Å². The molecular weight excluding hydrogens is 340 g/mol. The summed E-state index contributed by atoms with van der Waals surface area (Å²) in [7, 11) is 0. The molecule has 0 amide bonds. The van der Waals surface area contributed by atoms with Gasteiger partial charge in [-0.05, 0) is 68.1 Å². The van der Waals surface area contributed by atoms with E-state index in [-0.39, 0.29) is 17.3 Å². The first-order valence-corrected chi connectivity index (χ1v) is 9.45. The van der Waals surface area contributed by atoms with Gasteiger partial charge in [-0.3, -0.25) is 14.7 Å². The van der Waals surface area contributed by atoms with Crippen molar-refractivity contribution in [3.8, 4) is 11.5 Å². The van der Waals surface area contributed by atoms with Gasteiger partial charge in [0.1, 0.15) is 11.5 Å². The topological polar surface area (TPSA) is 62.7 Å². The van der Waals surface area contributed by atoms with Crippen LogP contribution in [0.4, 0.5) is 0 Å². The number of phenols is 1. The van der Waals surface area contributed by atoms with Gasteiger partial charge < -0.3 is 9.84 Å². The number of piperidine rings is 1. The number of phenolic OH excluding ortho intramolecular Hbond substituents is 1. The van der Waals surface area contributed by atoms with Crippen molar-refractivity contribution in [2.45, 2.75) is 33.2 Å². The van der Waals surface area contributed by atoms with Gasteiger partial charge in [-0.15, -0.1) is 0 Å². The number of Topliss-reactive ketones (excluding diaryl/α,β-unsaturated/α-hetero) is 1. The van der Waals surface area contributed by atoms with E-state index in [0.29, 0.717) is 23.4 Å². The number of aryl methyl sites for hydroxylation is 1. The lowest BCUT2D eigenvalue weighted by atomic mass is 9.96. The average Bonchev–Trinajstić information content (AvgIpc) is 2.98. The second kappa shape index (κ2) is 7.16. The molecule has 2 aliphatic heterocycles. The lowest BCUT2D eigenvalue weighted by Crippen LogP contribution is -2.32.